The molecule has 0 radical (unpaired) electrons. The highest BCUT2D eigenvalue weighted by molar-refractivity contribution is 6.30. The minimum atomic E-state index is -0.132. The predicted octanol–water partition coefficient (Wildman–Crippen LogP) is 7.51. The van der Waals surface area contributed by atoms with E-state index in [1.54, 1.807) is 0 Å². The Morgan fingerprint density at radius 2 is 1.50 bits per heavy atom. The zero-order valence-corrected chi connectivity index (χ0v) is 17.4. The SMILES string of the molecule is Cc1ccc(C(/C(C#Cc2ccccc2)=C/c2ccccc2)c2ccc(Cl)cc2)o1. The van der Waals surface area contributed by atoms with E-state index >= 15 is 0 Å². The maximum absolute atomic E-state index is 6.15. The van der Waals surface area contributed by atoms with Crippen molar-refractivity contribution in [3.63, 3.8) is 0 Å². The molecule has 146 valence electrons. The van der Waals surface area contributed by atoms with Gasteiger partial charge in [-0.2, -0.15) is 0 Å². The number of benzene rings is 3. The van der Waals surface area contributed by atoms with Crippen LogP contribution in [0.1, 0.15) is 34.1 Å². The van der Waals surface area contributed by atoms with E-state index < -0.39 is 0 Å². The van der Waals surface area contributed by atoms with Crippen molar-refractivity contribution in [2.75, 3.05) is 0 Å². The number of allylic oxidation sites excluding steroid dienone is 1. The molecule has 4 rings (SSSR count). The first-order valence-corrected chi connectivity index (χ1v) is 10.2. The van der Waals surface area contributed by atoms with Gasteiger partial charge in [-0.3, -0.25) is 0 Å². The fourth-order valence-electron chi connectivity index (χ4n) is 3.35. The van der Waals surface area contributed by atoms with Crippen LogP contribution in [0.25, 0.3) is 6.08 Å². The van der Waals surface area contributed by atoms with E-state index in [1.165, 1.54) is 0 Å². The van der Waals surface area contributed by atoms with Gasteiger partial charge in [-0.1, -0.05) is 84.1 Å². The van der Waals surface area contributed by atoms with Gasteiger partial charge in [0.25, 0.3) is 0 Å². The fourth-order valence-corrected chi connectivity index (χ4v) is 3.47. The number of hydrogen-bond acceptors (Lipinski definition) is 1. The van der Waals surface area contributed by atoms with Gasteiger partial charge in [0.05, 0.1) is 5.92 Å². The van der Waals surface area contributed by atoms with E-state index in [4.69, 9.17) is 16.0 Å². The predicted molar refractivity (Wildman–Crippen MR) is 124 cm³/mol. The van der Waals surface area contributed by atoms with Crippen molar-refractivity contribution in [2.45, 2.75) is 12.8 Å². The molecule has 30 heavy (non-hydrogen) atoms. The second-order valence-corrected chi connectivity index (χ2v) is 7.50. The molecule has 1 unspecified atom stereocenters. The molecule has 4 aromatic rings. The summed E-state index contributed by atoms with van der Waals surface area (Å²) in [4.78, 5) is 0. The smallest absolute Gasteiger partial charge is 0.116 e. The Balaban J connectivity index is 1.87. The average Bonchev–Trinajstić information content (AvgIpc) is 3.20. The lowest BCUT2D eigenvalue weighted by molar-refractivity contribution is 0.478. The average molecular weight is 409 g/mol. The molecule has 3 aromatic carbocycles. The summed E-state index contributed by atoms with van der Waals surface area (Å²) in [5, 5.41) is 0.706. The molecule has 1 nitrogen and oxygen atoms in total. The van der Waals surface area contributed by atoms with Crippen LogP contribution in [0, 0.1) is 18.8 Å². The van der Waals surface area contributed by atoms with Gasteiger partial charge in [-0.05, 0) is 60.5 Å². The molecule has 0 amide bonds. The number of hydrogen-bond donors (Lipinski definition) is 0. The molecule has 0 saturated heterocycles. The highest BCUT2D eigenvalue weighted by Crippen LogP contribution is 2.34. The van der Waals surface area contributed by atoms with Gasteiger partial charge < -0.3 is 4.42 Å². The molecule has 0 aliphatic heterocycles. The molecule has 0 saturated carbocycles. The van der Waals surface area contributed by atoms with E-state index in [0.717, 1.165) is 33.8 Å². The molecule has 0 spiro atoms. The van der Waals surface area contributed by atoms with Crippen molar-refractivity contribution >= 4 is 17.7 Å². The summed E-state index contributed by atoms with van der Waals surface area (Å²) in [5.41, 5.74) is 4.11. The maximum atomic E-state index is 6.15. The Morgan fingerprint density at radius 3 is 2.13 bits per heavy atom. The molecule has 0 bridgehead atoms. The van der Waals surface area contributed by atoms with Gasteiger partial charge in [0.1, 0.15) is 11.5 Å². The third-order valence-corrected chi connectivity index (χ3v) is 5.06. The summed E-state index contributed by atoms with van der Waals surface area (Å²) in [5.74, 6) is 8.34. The fraction of sp³-hybridized carbons (Fsp3) is 0.0714. The minimum Gasteiger partial charge on any atom is -0.465 e. The monoisotopic (exact) mass is 408 g/mol. The third kappa shape index (κ3) is 4.92. The first-order chi connectivity index (χ1) is 14.7. The van der Waals surface area contributed by atoms with E-state index in [2.05, 4.69) is 30.0 Å². The number of aryl methyl sites for hydroxylation is 1. The van der Waals surface area contributed by atoms with Crippen LogP contribution >= 0.6 is 11.6 Å². The maximum Gasteiger partial charge on any atom is 0.116 e. The Hall–Kier alpha value is -3.47. The highest BCUT2D eigenvalue weighted by Gasteiger charge is 2.21. The van der Waals surface area contributed by atoms with Crippen molar-refractivity contribution in [2.24, 2.45) is 0 Å². The largest absolute Gasteiger partial charge is 0.465 e. The van der Waals surface area contributed by atoms with Crippen molar-refractivity contribution in [3.05, 3.63) is 136 Å². The third-order valence-electron chi connectivity index (χ3n) is 4.81. The number of furan rings is 1. The highest BCUT2D eigenvalue weighted by atomic mass is 35.5. The second-order valence-electron chi connectivity index (χ2n) is 7.06. The molecular formula is C28H21ClO. The quantitative estimate of drug-likeness (QED) is 0.318. The van der Waals surface area contributed by atoms with Gasteiger partial charge in [0.2, 0.25) is 0 Å². The number of rotatable bonds is 4. The second kappa shape index (κ2) is 9.35. The normalized spacial score (nSPS) is 12.1. The number of halogens is 1. The Kier molecular flexibility index (Phi) is 6.18. The lowest BCUT2D eigenvalue weighted by atomic mass is 9.87. The van der Waals surface area contributed by atoms with E-state index in [0.29, 0.717) is 5.02 Å². The lowest BCUT2D eigenvalue weighted by Crippen LogP contribution is -2.03. The molecule has 1 heterocycles. The van der Waals surface area contributed by atoms with Crippen molar-refractivity contribution in [1.29, 1.82) is 0 Å². The van der Waals surface area contributed by atoms with Gasteiger partial charge in [-0.15, -0.1) is 0 Å². The van der Waals surface area contributed by atoms with E-state index in [9.17, 15) is 0 Å². The Labute approximate surface area is 182 Å². The van der Waals surface area contributed by atoms with Gasteiger partial charge in [0.15, 0.2) is 0 Å². The molecule has 0 aliphatic rings. The van der Waals surface area contributed by atoms with Crippen LogP contribution in [0.3, 0.4) is 0 Å². The summed E-state index contributed by atoms with van der Waals surface area (Å²) in [6.45, 7) is 1.96. The molecule has 0 fully saturated rings. The molecular weight excluding hydrogens is 388 g/mol. The molecule has 1 aromatic heterocycles. The van der Waals surface area contributed by atoms with Crippen molar-refractivity contribution in [3.8, 4) is 11.8 Å². The van der Waals surface area contributed by atoms with Crippen LogP contribution in [0.2, 0.25) is 5.02 Å². The van der Waals surface area contributed by atoms with E-state index in [1.807, 2.05) is 91.9 Å². The van der Waals surface area contributed by atoms with Gasteiger partial charge in [0, 0.05) is 16.2 Å². The van der Waals surface area contributed by atoms with Crippen molar-refractivity contribution in [1.82, 2.24) is 0 Å². The van der Waals surface area contributed by atoms with Crippen LogP contribution in [-0.2, 0) is 0 Å². The lowest BCUT2D eigenvalue weighted by Gasteiger charge is -2.16. The zero-order valence-electron chi connectivity index (χ0n) is 16.7. The summed E-state index contributed by atoms with van der Waals surface area (Å²) < 4.78 is 6.06. The summed E-state index contributed by atoms with van der Waals surface area (Å²) in [6.07, 6.45) is 2.13. The van der Waals surface area contributed by atoms with E-state index in [-0.39, 0.29) is 5.92 Å². The Bertz CT molecular complexity index is 1190. The molecule has 0 N–H and O–H groups in total. The van der Waals surface area contributed by atoms with Crippen LogP contribution < -0.4 is 0 Å². The molecule has 2 heteroatoms. The summed E-state index contributed by atoms with van der Waals surface area (Å²) in [7, 11) is 0. The zero-order chi connectivity index (χ0) is 20.8. The van der Waals surface area contributed by atoms with Crippen LogP contribution in [-0.4, -0.2) is 0 Å². The van der Waals surface area contributed by atoms with Crippen LogP contribution in [0.4, 0.5) is 0 Å². The summed E-state index contributed by atoms with van der Waals surface area (Å²) in [6, 6.07) is 32.2. The van der Waals surface area contributed by atoms with Crippen LogP contribution in [0.15, 0.2) is 107 Å². The Morgan fingerprint density at radius 1 is 0.833 bits per heavy atom. The summed E-state index contributed by atoms with van der Waals surface area (Å²) >= 11 is 6.15. The first kappa shape index (κ1) is 19.8. The first-order valence-electron chi connectivity index (χ1n) is 9.84. The standard InChI is InChI=1S/C28H21ClO/c1-21-12-19-27(30-21)28(24-15-17-26(29)18-16-24)25(20-23-10-6-3-7-11-23)14-13-22-8-4-2-5-9-22/h2-12,15-20,28H,1H3/b25-20+. The molecule has 1 atom stereocenters. The topological polar surface area (TPSA) is 13.1 Å². The minimum absolute atomic E-state index is 0.132. The van der Waals surface area contributed by atoms with Crippen LogP contribution in [0.5, 0.6) is 0 Å². The van der Waals surface area contributed by atoms with Gasteiger partial charge >= 0.3 is 0 Å². The molecule has 0 aliphatic carbocycles. The van der Waals surface area contributed by atoms with Gasteiger partial charge in [-0.25, -0.2) is 0 Å². The van der Waals surface area contributed by atoms with Crippen molar-refractivity contribution < 1.29 is 4.42 Å².